The first-order valence-corrected chi connectivity index (χ1v) is 3.51. The second-order valence-corrected chi connectivity index (χ2v) is 2.41. The van der Waals surface area contributed by atoms with Gasteiger partial charge in [0.1, 0.15) is 0 Å². The molecule has 5 nitrogen and oxygen atoms in total. The van der Waals surface area contributed by atoms with Gasteiger partial charge in [-0.05, 0) is 0 Å². The lowest BCUT2D eigenvalue weighted by Gasteiger charge is -2.05. The standard InChI is InChI=1S/C6H11N3O2/c7-1-2-8-4-3-5(10)9-6(4)11/h4,8H,1-3,7H2,(H,9,10,11)/t4-/m0/s1. The van der Waals surface area contributed by atoms with E-state index in [9.17, 15) is 9.59 Å². The number of hydrogen-bond donors (Lipinski definition) is 3. The van der Waals surface area contributed by atoms with Gasteiger partial charge >= 0.3 is 0 Å². The van der Waals surface area contributed by atoms with Crippen molar-refractivity contribution in [2.24, 2.45) is 5.73 Å². The van der Waals surface area contributed by atoms with E-state index in [1.165, 1.54) is 0 Å². The molecule has 0 unspecified atom stereocenters. The van der Waals surface area contributed by atoms with Crippen molar-refractivity contribution in [3.05, 3.63) is 0 Å². The number of carbonyl (C=O) groups excluding carboxylic acids is 2. The van der Waals surface area contributed by atoms with E-state index >= 15 is 0 Å². The van der Waals surface area contributed by atoms with Crippen molar-refractivity contribution in [2.75, 3.05) is 13.1 Å². The van der Waals surface area contributed by atoms with Gasteiger partial charge in [-0.3, -0.25) is 14.9 Å². The zero-order valence-corrected chi connectivity index (χ0v) is 6.09. The van der Waals surface area contributed by atoms with Crippen LogP contribution < -0.4 is 16.4 Å². The molecule has 0 saturated carbocycles. The average Bonchev–Trinajstić information content (AvgIpc) is 2.26. The Kier molecular flexibility index (Phi) is 2.56. The Hall–Kier alpha value is -0.940. The van der Waals surface area contributed by atoms with E-state index in [1.807, 2.05) is 0 Å². The first kappa shape index (κ1) is 8.16. The van der Waals surface area contributed by atoms with E-state index < -0.39 is 0 Å². The molecule has 1 rings (SSSR count). The highest BCUT2D eigenvalue weighted by molar-refractivity contribution is 6.05. The van der Waals surface area contributed by atoms with Gasteiger partial charge in [0, 0.05) is 13.1 Å². The van der Waals surface area contributed by atoms with Gasteiger partial charge in [-0.15, -0.1) is 0 Å². The second kappa shape index (κ2) is 3.45. The molecule has 0 aromatic carbocycles. The molecule has 0 aromatic rings. The molecule has 1 heterocycles. The van der Waals surface area contributed by atoms with Crippen LogP contribution in [0.4, 0.5) is 0 Å². The van der Waals surface area contributed by atoms with E-state index in [0.717, 1.165) is 0 Å². The van der Waals surface area contributed by atoms with Crippen molar-refractivity contribution in [3.8, 4) is 0 Å². The van der Waals surface area contributed by atoms with Crippen molar-refractivity contribution in [2.45, 2.75) is 12.5 Å². The fraction of sp³-hybridized carbons (Fsp3) is 0.667. The SMILES string of the molecule is NCCN[C@H]1CC(=O)NC1=O. The number of hydrogen-bond acceptors (Lipinski definition) is 4. The number of nitrogens with two attached hydrogens (primary N) is 1. The summed E-state index contributed by atoms with van der Waals surface area (Å²) in [7, 11) is 0. The van der Waals surface area contributed by atoms with Gasteiger partial charge in [0.05, 0.1) is 12.5 Å². The van der Waals surface area contributed by atoms with E-state index in [4.69, 9.17) is 5.73 Å². The molecular formula is C6H11N3O2. The summed E-state index contributed by atoms with van der Waals surface area (Å²) < 4.78 is 0. The molecule has 0 aliphatic carbocycles. The molecule has 62 valence electrons. The Morgan fingerprint density at radius 3 is 2.82 bits per heavy atom. The second-order valence-electron chi connectivity index (χ2n) is 2.41. The molecule has 1 aliphatic heterocycles. The summed E-state index contributed by atoms with van der Waals surface area (Å²) in [5.41, 5.74) is 5.21. The van der Waals surface area contributed by atoms with E-state index in [1.54, 1.807) is 0 Å². The topological polar surface area (TPSA) is 84.2 Å². The number of nitrogens with one attached hydrogen (secondary N) is 2. The van der Waals surface area contributed by atoms with E-state index in [0.29, 0.717) is 13.1 Å². The van der Waals surface area contributed by atoms with Crippen LogP contribution in [-0.2, 0) is 9.59 Å². The van der Waals surface area contributed by atoms with Gasteiger partial charge in [-0.1, -0.05) is 0 Å². The highest BCUT2D eigenvalue weighted by atomic mass is 16.2. The summed E-state index contributed by atoms with van der Waals surface area (Å²) in [6, 6.07) is -0.369. The number of rotatable bonds is 3. The zero-order chi connectivity index (χ0) is 8.27. The molecule has 2 amide bonds. The lowest BCUT2D eigenvalue weighted by atomic mass is 10.2. The molecule has 1 atom stereocenters. The van der Waals surface area contributed by atoms with Crippen molar-refractivity contribution in [3.63, 3.8) is 0 Å². The average molecular weight is 157 g/mol. The first-order valence-electron chi connectivity index (χ1n) is 3.51. The molecule has 11 heavy (non-hydrogen) atoms. The quantitative estimate of drug-likeness (QED) is 0.412. The van der Waals surface area contributed by atoms with Crippen molar-refractivity contribution < 1.29 is 9.59 Å². The van der Waals surface area contributed by atoms with Crippen molar-refractivity contribution in [1.82, 2.24) is 10.6 Å². The minimum atomic E-state index is -0.369. The molecular weight excluding hydrogens is 146 g/mol. The molecule has 1 saturated heterocycles. The lowest BCUT2D eigenvalue weighted by molar-refractivity contribution is -0.125. The third-order valence-corrected chi connectivity index (χ3v) is 1.50. The van der Waals surface area contributed by atoms with Crippen molar-refractivity contribution in [1.29, 1.82) is 0 Å². The maximum Gasteiger partial charge on any atom is 0.244 e. The summed E-state index contributed by atoms with van der Waals surface area (Å²) in [6.45, 7) is 1.03. The predicted octanol–water partition coefficient (Wildman–Crippen LogP) is -2.05. The summed E-state index contributed by atoms with van der Waals surface area (Å²) >= 11 is 0. The number of amides is 2. The summed E-state index contributed by atoms with van der Waals surface area (Å²) in [5.74, 6) is -0.465. The van der Waals surface area contributed by atoms with Gasteiger partial charge in [0.15, 0.2) is 0 Å². The van der Waals surface area contributed by atoms with Gasteiger partial charge in [0.25, 0.3) is 0 Å². The van der Waals surface area contributed by atoms with Crippen LogP contribution in [0, 0.1) is 0 Å². The van der Waals surface area contributed by atoms with Crippen LogP contribution in [0.5, 0.6) is 0 Å². The van der Waals surface area contributed by atoms with Crippen LogP contribution in [0.2, 0.25) is 0 Å². The predicted molar refractivity (Wildman–Crippen MR) is 38.6 cm³/mol. The fourth-order valence-electron chi connectivity index (χ4n) is 0.976. The lowest BCUT2D eigenvalue weighted by Crippen LogP contribution is -2.38. The fourth-order valence-corrected chi connectivity index (χ4v) is 0.976. The van der Waals surface area contributed by atoms with Gasteiger partial charge in [0.2, 0.25) is 11.8 Å². The maximum atomic E-state index is 10.9. The summed E-state index contributed by atoms with van der Waals surface area (Å²) in [6.07, 6.45) is 0.235. The molecule has 1 fully saturated rings. The minimum absolute atomic E-state index is 0.218. The number of carbonyl (C=O) groups is 2. The molecule has 5 heteroatoms. The summed E-state index contributed by atoms with van der Waals surface area (Å²) in [5, 5.41) is 5.05. The first-order chi connectivity index (χ1) is 5.24. The highest BCUT2D eigenvalue weighted by Gasteiger charge is 2.29. The van der Waals surface area contributed by atoms with Crippen LogP contribution in [0.1, 0.15) is 6.42 Å². The van der Waals surface area contributed by atoms with E-state index in [2.05, 4.69) is 10.6 Å². The summed E-state index contributed by atoms with van der Waals surface area (Å²) in [4.78, 5) is 21.5. The Morgan fingerprint density at radius 1 is 1.64 bits per heavy atom. The molecule has 0 radical (unpaired) electrons. The van der Waals surface area contributed by atoms with Crippen LogP contribution in [0.15, 0.2) is 0 Å². The minimum Gasteiger partial charge on any atom is -0.329 e. The zero-order valence-electron chi connectivity index (χ0n) is 6.09. The molecule has 4 N–H and O–H groups in total. The van der Waals surface area contributed by atoms with Gasteiger partial charge in [-0.2, -0.15) is 0 Å². The Balaban J connectivity index is 2.34. The molecule has 0 bridgehead atoms. The van der Waals surface area contributed by atoms with Gasteiger partial charge in [-0.25, -0.2) is 0 Å². The monoisotopic (exact) mass is 157 g/mol. The maximum absolute atomic E-state index is 10.9. The van der Waals surface area contributed by atoms with E-state index in [-0.39, 0.29) is 24.3 Å². The Morgan fingerprint density at radius 2 is 2.36 bits per heavy atom. The third kappa shape index (κ3) is 1.99. The Bertz CT molecular complexity index is 181. The smallest absolute Gasteiger partial charge is 0.244 e. The highest BCUT2D eigenvalue weighted by Crippen LogP contribution is 1.99. The van der Waals surface area contributed by atoms with Crippen LogP contribution in [-0.4, -0.2) is 30.9 Å². The largest absolute Gasteiger partial charge is 0.329 e. The molecule has 1 aliphatic rings. The normalized spacial score (nSPS) is 23.9. The van der Waals surface area contributed by atoms with Gasteiger partial charge < -0.3 is 11.1 Å². The van der Waals surface area contributed by atoms with Crippen LogP contribution in [0.3, 0.4) is 0 Å². The molecule has 0 aromatic heterocycles. The third-order valence-electron chi connectivity index (χ3n) is 1.50. The van der Waals surface area contributed by atoms with Crippen LogP contribution in [0.25, 0.3) is 0 Å². The van der Waals surface area contributed by atoms with Crippen LogP contribution >= 0.6 is 0 Å². The Labute approximate surface area is 64.3 Å². The van der Waals surface area contributed by atoms with Crippen molar-refractivity contribution >= 4 is 11.8 Å². The molecule has 0 spiro atoms. The number of imide groups is 1.